The van der Waals surface area contributed by atoms with Gasteiger partial charge in [-0.1, -0.05) is 36.8 Å². The van der Waals surface area contributed by atoms with Crippen molar-refractivity contribution in [2.45, 2.75) is 128 Å². The number of rotatable bonds is 0. The topological polar surface area (TPSA) is 74.6 Å². The molecule has 0 heterocycles. The highest BCUT2D eigenvalue weighted by Gasteiger charge is 2.63. The molecule has 4 nitrogen and oxygen atoms in total. The Labute approximate surface area is 263 Å². The highest BCUT2D eigenvalue weighted by atomic mass is 16.3. The Kier molecular flexibility index (Phi) is 6.77. The van der Waals surface area contributed by atoms with Crippen molar-refractivity contribution in [3.8, 4) is 23.7 Å². The molecule has 0 aromatic heterocycles. The van der Waals surface area contributed by atoms with E-state index in [1.54, 1.807) is 0 Å². The van der Waals surface area contributed by atoms with E-state index in [-0.39, 0.29) is 10.8 Å². The minimum Gasteiger partial charge on any atom is -0.377 e. The van der Waals surface area contributed by atoms with Gasteiger partial charge in [0.2, 0.25) is 0 Å². The lowest BCUT2D eigenvalue weighted by Crippen LogP contribution is -2.52. The minimum atomic E-state index is -1.03. The molecule has 0 saturated heterocycles. The first-order chi connectivity index (χ1) is 21.1. The van der Waals surface area contributed by atoms with Crippen LogP contribution in [0.2, 0.25) is 0 Å². The monoisotopic (exact) mass is 594 g/mol. The second-order valence-corrected chi connectivity index (χ2v) is 16.8. The zero-order valence-electron chi connectivity index (χ0n) is 26.8. The summed E-state index contributed by atoms with van der Waals surface area (Å²) in [5.74, 6) is 18.0. The molecule has 4 heteroatoms. The molecule has 2 N–H and O–H groups in total. The number of fused-ring (bicyclic) bond motifs is 10. The number of hydrogen-bond donors (Lipinski definition) is 2. The Morgan fingerprint density at radius 3 is 1.43 bits per heavy atom. The van der Waals surface area contributed by atoms with Crippen LogP contribution >= 0.6 is 0 Å². The average molecular weight is 595 g/mol. The molecule has 234 valence electrons. The van der Waals surface area contributed by atoms with Crippen molar-refractivity contribution in [1.82, 2.24) is 0 Å². The van der Waals surface area contributed by atoms with Gasteiger partial charge in [-0.2, -0.15) is 0 Å². The molecule has 0 unspecified atom stereocenters. The third-order valence-corrected chi connectivity index (χ3v) is 15.5. The number of ketones is 2. The van der Waals surface area contributed by atoms with E-state index in [9.17, 15) is 19.8 Å². The normalized spacial score (nSPS) is 50.5. The number of aliphatic hydroxyl groups is 2. The summed E-state index contributed by atoms with van der Waals surface area (Å²) in [6.07, 6.45) is 19.3. The summed E-state index contributed by atoms with van der Waals surface area (Å²) in [5, 5.41) is 24.1. The molecule has 44 heavy (non-hydrogen) atoms. The Morgan fingerprint density at radius 2 is 1.00 bits per heavy atom. The number of hydrogen-bond acceptors (Lipinski definition) is 4. The zero-order valence-corrected chi connectivity index (χ0v) is 26.8. The van der Waals surface area contributed by atoms with Crippen LogP contribution in [0.3, 0.4) is 0 Å². The van der Waals surface area contributed by atoms with E-state index in [0.29, 0.717) is 84.6 Å². The molecule has 0 radical (unpaired) electrons. The standard InChI is InChI=1S/C40H50O4/c1-37-19-13-31-29-11-7-27(41)23-25(29)5-9-33(31)35(37)15-21-39(37,43)17-3-4-18-40(44)22-16-36-34-10-6-26-24-28(42)8-12-30(26)32(34)14-20-38(36,40)2/h23-24,29-36,43-44H,5-16,19-22H2,1-2H3/t29-,30+,31-,32+,33+,34-,35+,36-,37-,38-,39-,40+/m0/s1. The van der Waals surface area contributed by atoms with Crippen molar-refractivity contribution in [1.29, 1.82) is 0 Å². The first-order valence-corrected chi connectivity index (χ1v) is 18.0. The fourth-order valence-corrected chi connectivity index (χ4v) is 13.1. The van der Waals surface area contributed by atoms with Crippen LogP contribution < -0.4 is 0 Å². The largest absolute Gasteiger partial charge is 0.377 e. The lowest BCUT2D eigenvalue weighted by molar-refractivity contribution is -0.117. The maximum absolute atomic E-state index is 12.1. The van der Waals surface area contributed by atoms with E-state index in [4.69, 9.17) is 0 Å². The second kappa shape index (κ2) is 10.2. The van der Waals surface area contributed by atoms with Crippen molar-refractivity contribution in [2.75, 3.05) is 0 Å². The van der Waals surface area contributed by atoms with E-state index in [1.165, 1.54) is 11.1 Å². The molecule has 8 aliphatic carbocycles. The molecule has 0 aliphatic heterocycles. The lowest BCUT2D eigenvalue weighted by Gasteiger charge is -2.54. The van der Waals surface area contributed by atoms with Crippen LogP contribution in [-0.2, 0) is 9.59 Å². The van der Waals surface area contributed by atoms with Crippen LogP contribution in [0.4, 0.5) is 0 Å². The van der Waals surface area contributed by atoms with Gasteiger partial charge in [-0.3, -0.25) is 9.59 Å². The number of carbonyl (C=O) groups excluding carboxylic acids is 2. The summed E-state index contributed by atoms with van der Waals surface area (Å²) < 4.78 is 0. The Bertz CT molecular complexity index is 1350. The fourth-order valence-electron chi connectivity index (χ4n) is 13.1. The summed E-state index contributed by atoms with van der Waals surface area (Å²) in [4.78, 5) is 24.1. The summed E-state index contributed by atoms with van der Waals surface area (Å²) in [6.45, 7) is 4.56. The smallest absolute Gasteiger partial charge is 0.155 e. The molecular weight excluding hydrogens is 544 g/mol. The van der Waals surface area contributed by atoms with E-state index >= 15 is 0 Å². The van der Waals surface area contributed by atoms with E-state index in [0.717, 1.165) is 77.0 Å². The maximum Gasteiger partial charge on any atom is 0.155 e. The molecule has 0 amide bonds. The molecule has 0 aromatic rings. The van der Waals surface area contributed by atoms with Gasteiger partial charge < -0.3 is 10.2 Å². The molecule has 0 bridgehead atoms. The van der Waals surface area contributed by atoms with Gasteiger partial charge in [0.25, 0.3) is 0 Å². The van der Waals surface area contributed by atoms with Crippen molar-refractivity contribution in [2.24, 2.45) is 58.2 Å². The van der Waals surface area contributed by atoms with Crippen LogP contribution in [0.25, 0.3) is 0 Å². The van der Waals surface area contributed by atoms with Crippen molar-refractivity contribution in [3.63, 3.8) is 0 Å². The summed E-state index contributed by atoms with van der Waals surface area (Å²) in [5.41, 5.74) is 0.276. The van der Waals surface area contributed by atoms with E-state index in [1.807, 2.05) is 12.2 Å². The molecule has 8 rings (SSSR count). The average Bonchev–Trinajstić information content (AvgIpc) is 3.44. The van der Waals surface area contributed by atoms with Crippen molar-refractivity contribution < 1.29 is 19.8 Å². The van der Waals surface area contributed by atoms with E-state index < -0.39 is 11.2 Å². The first kappa shape index (κ1) is 29.3. The van der Waals surface area contributed by atoms with Gasteiger partial charge >= 0.3 is 0 Å². The third-order valence-electron chi connectivity index (χ3n) is 15.5. The maximum atomic E-state index is 12.1. The summed E-state index contributed by atoms with van der Waals surface area (Å²) in [6, 6.07) is 0. The van der Waals surface area contributed by atoms with Crippen LogP contribution in [0.15, 0.2) is 23.3 Å². The molecule has 6 fully saturated rings. The minimum absolute atomic E-state index is 0.230. The first-order valence-electron chi connectivity index (χ1n) is 18.0. The molecular formula is C40H50O4. The van der Waals surface area contributed by atoms with Gasteiger partial charge in [-0.05, 0) is 161 Å². The number of allylic oxidation sites excluding steroid dienone is 2. The van der Waals surface area contributed by atoms with E-state index in [2.05, 4.69) is 37.5 Å². The lowest BCUT2D eigenvalue weighted by atomic mass is 9.50. The van der Waals surface area contributed by atoms with Gasteiger partial charge in [0.15, 0.2) is 11.6 Å². The zero-order chi connectivity index (χ0) is 30.5. The molecule has 0 spiro atoms. The van der Waals surface area contributed by atoms with Gasteiger partial charge in [-0.25, -0.2) is 0 Å². The highest BCUT2D eigenvalue weighted by molar-refractivity contribution is 5.91. The fraction of sp³-hybridized carbons (Fsp3) is 0.750. The molecule has 0 aromatic carbocycles. The molecule has 6 saturated carbocycles. The SMILES string of the molecule is C[C@]12CC[C@H]3[C@H](CCC4=CC(=O)CC[C@H]43)[C@@H]1CC[C@]2(O)C#CC#C[C@]1(O)CC[C@@H]2[C@@H]3CCC4=CC(=O)CC[C@@H]4[C@@H]3CC[C@@]21C. The van der Waals surface area contributed by atoms with Crippen LogP contribution in [0.1, 0.15) is 117 Å². The summed E-state index contributed by atoms with van der Waals surface area (Å²) in [7, 11) is 0. The van der Waals surface area contributed by atoms with Crippen molar-refractivity contribution >= 4 is 11.6 Å². The highest BCUT2D eigenvalue weighted by Crippen LogP contribution is 2.66. The van der Waals surface area contributed by atoms with Crippen LogP contribution in [-0.4, -0.2) is 33.0 Å². The number of carbonyl (C=O) groups is 2. The van der Waals surface area contributed by atoms with Gasteiger partial charge in [0.05, 0.1) is 0 Å². The Balaban J connectivity index is 0.987. The third kappa shape index (κ3) is 4.12. The quantitative estimate of drug-likeness (QED) is 0.305. The molecule has 8 aliphatic rings. The predicted molar refractivity (Wildman–Crippen MR) is 170 cm³/mol. The van der Waals surface area contributed by atoms with Crippen molar-refractivity contribution in [3.05, 3.63) is 23.3 Å². The van der Waals surface area contributed by atoms with Gasteiger partial charge in [-0.15, -0.1) is 0 Å². The van der Waals surface area contributed by atoms with Crippen LogP contribution in [0.5, 0.6) is 0 Å². The van der Waals surface area contributed by atoms with Gasteiger partial charge in [0, 0.05) is 23.7 Å². The molecule has 12 atom stereocenters. The van der Waals surface area contributed by atoms with Gasteiger partial charge in [0.1, 0.15) is 11.2 Å². The summed E-state index contributed by atoms with van der Waals surface area (Å²) >= 11 is 0. The Hall–Kier alpha value is -2.14. The Morgan fingerprint density at radius 1 is 0.568 bits per heavy atom. The van der Waals surface area contributed by atoms with Crippen LogP contribution in [0, 0.1) is 81.9 Å². The predicted octanol–water partition coefficient (Wildman–Crippen LogP) is 6.74. The second-order valence-electron chi connectivity index (χ2n) is 16.8.